The number of hydrogen-bond acceptors (Lipinski definition) is 1. The zero-order chi connectivity index (χ0) is 12.6. The second-order valence-electron chi connectivity index (χ2n) is 5.42. The van der Waals surface area contributed by atoms with E-state index in [-0.39, 0.29) is 11.3 Å². The molecule has 2 rings (SSSR count). The lowest BCUT2D eigenvalue weighted by molar-refractivity contribution is 0.524. The first-order chi connectivity index (χ1) is 7.96. The number of benzene rings is 1. The Hall–Kier alpha value is -0.960. The highest BCUT2D eigenvalue weighted by atomic mass is 19.1. The van der Waals surface area contributed by atoms with Gasteiger partial charge in [0.15, 0.2) is 0 Å². The summed E-state index contributed by atoms with van der Waals surface area (Å²) >= 11 is 0. The van der Waals surface area contributed by atoms with Crippen LogP contribution in [0.15, 0.2) is 18.2 Å². The fourth-order valence-electron chi connectivity index (χ4n) is 2.84. The van der Waals surface area contributed by atoms with E-state index in [2.05, 4.69) is 26.1 Å². The fourth-order valence-corrected chi connectivity index (χ4v) is 2.84. The van der Waals surface area contributed by atoms with Crippen LogP contribution in [-0.4, -0.2) is 13.1 Å². The summed E-state index contributed by atoms with van der Waals surface area (Å²) in [6, 6.07) is 3.85. The van der Waals surface area contributed by atoms with E-state index in [1.54, 1.807) is 0 Å². The molecule has 1 nitrogen and oxygen atoms in total. The average Bonchev–Trinajstić information content (AvgIpc) is 2.76. The van der Waals surface area contributed by atoms with E-state index >= 15 is 0 Å². The third-order valence-electron chi connectivity index (χ3n) is 3.91. The van der Waals surface area contributed by atoms with Crippen molar-refractivity contribution in [2.75, 3.05) is 13.1 Å². The van der Waals surface area contributed by atoms with Gasteiger partial charge in [-0.3, -0.25) is 0 Å². The van der Waals surface area contributed by atoms with Crippen LogP contribution in [0, 0.1) is 23.0 Å². The normalized spacial score (nSPS) is 25.9. The second kappa shape index (κ2) is 4.37. The number of hydrogen-bond donors (Lipinski definition) is 1. The lowest BCUT2D eigenvalue weighted by Gasteiger charge is -2.03. The minimum Gasteiger partial charge on any atom is -0.317 e. The molecule has 0 aliphatic heterocycles. The maximum atomic E-state index is 13.2. The van der Waals surface area contributed by atoms with Crippen molar-refractivity contribution in [1.29, 1.82) is 0 Å². The first-order valence-electron chi connectivity index (χ1n) is 6.13. The van der Waals surface area contributed by atoms with Gasteiger partial charge < -0.3 is 5.32 Å². The number of nitrogens with one attached hydrogen (secondary N) is 1. The van der Waals surface area contributed by atoms with Gasteiger partial charge in [-0.2, -0.15) is 0 Å². The summed E-state index contributed by atoms with van der Waals surface area (Å²) in [6.07, 6.45) is 0. The summed E-state index contributed by atoms with van der Waals surface area (Å²) in [5.74, 6) is -0.245. The van der Waals surface area contributed by atoms with Gasteiger partial charge >= 0.3 is 0 Å². The van der Waals surface area contributed by atoms with Crippen molar-refractivity contribution in [1.82, 2.24) is 5.32 Å². The Morgan fingerprint density at radius 2 is 1.76 bits per heavy atom. The number of rotatable bonds is 4. The Labute approximate surface area is 101 Å². The van der Waals surface area contributed by atoms with Gasteiger partial charge in [-0.05, 0) is 48.0 Å². The lowest BCUT2D eigenvalue weighted by atomic mass is 10.0. The van der Waals surface area contributed by atoms with E-state index in [1.165, 1.54) is 12.1 Å². The smallest absolute Gasteiger partial charge is 0.126 e. The molecule has 0 heterocycles. The van der Waals surface area contributed by atoms with Crippen LogP contribution in [0.4, 0.5) is 8.78 Å². The maximum Gasteiger partial charge on any atom is 0.126 e. The van der Waals surface area contributed by atoms with Gasteiger partial charge in [-0.25, -0.2) is 8.78 Å². The van der Waals surface area contributed by atoms with Crippen LogP contribution in [0.1, 0.15) is 32.3 Å². The Balaban J connectivity index is 2.17. The van der Waals surface area contributed by atoms with Gasteiger partial charge in [-0.15, -0.1) is 0 Å². The van der Waals surface area contributed by atoms with Crippen molar-refractivity contribution in [3.63, 3.8) is 0 Å². The van der Waals surface area contributed by atoms with Crippen molar-refractivity contribution >= 4 is 0 Å². The van der Waals surface area contributed by atoms with Gasteiger partial charge in [0.2, 0.25) is 0 Å². The Morgan fingerprint density at radius 3 is 2.29 bits per heavy atom. The third-order valence-corrected chi connectivity index (χ3v) is 3.91. The molecule has 3 heteroatoms. The van der Waals surface area contributed by atoms with E-state index < -0.39 is 11.6 Å². The minimum absolute atomic E-state index is 0.127. The highest BCUT2D eigenvalue weighted by Gasteiger charge is 2.57. The molecule has 1 aromatic carbocycles. The SMILES string of the molecule is CCNCC1C(c2cc(F)cc(F)c2)C1(C)C. The van der Waals surface area contributed by atoms with Gasteiger partial charge in [0.05, 0.1) is 0 Å². The molecule has 0 aromatic heterocycles. The monoisotopic (exact) mass is 239 g/mol. The van der Waals surface area contributed by atoms with Crippen LogP contribution in [0.3, 0.4) is 0 Å². The highest BCUT2D eigenvalue weighted by molar-refractivity contribution is 5.32. The van der Waals surface area contributed by atoms with Crippen molar-refractivity contribution in [3.8, 4) is 0 Å². The Kier molecular flexibility index (Phi) is 3.21. The molecule has 0 radical (unpaired) electrons. The molecule has 0 bridgehead atoms. The maximum absolute atomic E-state index is 13.2. The van der Waals surface area contributed by atoms with Crippen LogP contribution in [-0.2, 0) is 0 Å². The molecule has 2 unspecified atom stereocenters. The predicted molar refractivity (Wildman–Crippen MR) is 64.9 cm³/mol. The standard InChI is InChI=1S/C14H19F2N/c1-4-17-8-12-13(14(12,2)3)9-5-10(15)7-11(16)6-9/h5-7,12-13,17H,4,8H2,1-3H3. The van der Waals surface area contributed by atoms with Gasteiger partial charge in [-0.1, -0.05) is 20.8 Å². The molecule has 1 N–H and O–H groups in total. The zero-order valence-corrected chi connectivity index (χ0v) is 10.6. The van der Waals surface area contributed by atoms with Gasteiger partial charge in [0, 0.05) is 6.07 Å². The molecule has 0 spiro atoms. The summed E-state index contributed by atoms with van der Waals surface area (Å²) < 4.78 is 26.4. The molecular weight excluding hydrogens is 220 g/mol. The van der Waals surface area contributed by atoms with Crippen LogP contribution in [0.2, 0.25) is 0 Å². The minimum atomic E-state index is -0.482. The highest BCUT2D eigenvalue weighted by Crippen LogP contribution is 2.64. The Bertz CT molecular complexity index is 394. The summed E-state index contributed by atoms with van der Waals surface area (Å²) in [5.41, 5.74) is 0.915. The van der Waals surface area contributed by atoms with Gasteiger partial charge in [0.25, 0.3) is 0 Å². The quantitative estimate of drug-likeness (QED) is 0.850. The van der Waals surface area contributed by atoms with E-state index in [0.717, 1.165) is 24.7 Å². The number of halogens is 2. The topological polar surface area (TPSA) is 12.0 Å². The second-order valence-corrected chi connectivity index (χ2v) is 5.42. The molecule has 1 saturated carbocycles. The van der Waals surface area contributed by atoms with Crippen LogP contribution >= 0.6 is 0 Å². The first kappa shape index (κ1) is 12.5. The van der Waals surface area contributed by atoms with Crippen LogP contribution in [0.5, 0.6) is 0 Å². The Morgan fingerprint density at radius 1 is 1.18 bits per heavy atom. The van der Waals surface area contributed by atoms with E-state index in [0.29, 0.717) is 5.92 Å². The first-order valence-corrected chi connectivity index (χ1v) is 6.13. The molecule has 94 valence electrons. The molecular formula is C14H19F2N. The molecule has 0 amide bonds. The van der Waals surface area contributed by atoms with Crippen molar-refractivity contribution in [2.45, 2.75) is 26.7 Å². The zero-order valence-electron chi connectivity index (χ0n) is 10.6. The molecule has 2 atom stereocenters. The summed E-state index contributed by atoms with van der Waals surface area (Å²) in [6.45, 7) is 8.21. The van der Waals surface area contributed by atoms with Crippen molar-refractivity contribution in [2.24, 2.45) is 11.3 Å². The van der Waals surface area contributed by atoms with Gasteiger partial charge in [0.1, 0.15) is 11.6 Å². The summed E-state index contributed by atoms with van der Waals surface area (Å²) in [7, 11) is 0. The molecule has 0 saturated heterocycles. The largest absolute Gasteiger partial charge is 0.317 e. The third kappa shape index (κ3) is 2.34. The molecule has 1 aromatic rings. The molecule has 17 heavy (non-hydrogen) atoms. The predicted octanol–water partition coefficient (Wildman–Crippen LogP) is 3.31. The van der Waals surface area contributed by atoms with E-state index in [4.69, 9.17) is 0 Å². The van der Waals surface area contributed by atoms with E-state index in [1.807, 2.05) is 0 Å². The van der Waals surface area contributed by atoms with Crippen molar-refractivity contribution < 1.29 is 8.78 Å². The van der Waals surface area contributed by atoms with Crippen LogP contribution < -0.4 is 5.32 Å². The van der Waals surface area contributed by atoms with Crippen LogP contribution in [0.25, 0.3) is 0 Å². The van der Waals surface area contributed by atoms with Crippen molar-refractivity contribution in [3.05, 3.63) is 35.4 Å². The molecule has 1 aliphatic rings. The summed E-state index contributed by atoms with van der Waals surface area (Å²) in [5, 5.41) is 3.31. The fraction of sp³-hybridized carbons (Fsp3) is 0.571. The average molecular weight is 239 g/mol. The molecule has 1 aliphatic carbocycles. The molecule has 1 fully saturated rings. The van der Waals surface area contributed by atoms with E-state index in [9.17, 15) is 8.78 Å². The summed E-state index contributed by atoms with van der Waals surface area (Å²) in [4.78, 5) is 0. The lowest BCUT2D eigenvalue weighted by Crippen LogP contribution is -2.17.